The third-order valence-corrected chi connectivity index (χ3v) is 7.40. The van der Waals surface area contributed by atoms with Gasteiger partial charge in [0.1, 0.15) is 0 Å². The maximum atomic E-state index is 12.3. The second-order valence-corrected chi connectivity index (χ2v) is 11.4. The lowest BCUT2D eigenvalue weighted by Crippen LogP contribution is -2.45. The normalized spacial score (nSPS) is 14.4. The van der Waals surface area contributed by atoms with Crippen molar-refractivity contribution in [1.29, 1.82) is 0 Å². The van der Waals surface area contributed by atoms with Crippen LogP contribution in [-0.2, 0) is 4.79 Å². The smallest absolute Gasteiger partial charge is 0.222 e. The molecule has 0 rings (SSSR count). The van der Waals surface area contributed by atoms with Gasteiger partial charge in [-0.2, -0.15) is 0 Å². The maximum absolute atomic E-state index is 12.3. The van der Waals surface area contributed by atoms with Crippen LogP contribution in [0, 0.1) is 0 Å². The van der Waals surface area contributed by atoms with E-state index in [2.05, 4.69) is 43.5 Å². The Labute approximate surface area is 247 Å². The highest BCUT2D eigenvalue weighted by Crippen LogP contribution is 2.12. The molecular formula is C35H65NO4. The fraction of sp³-hybridized carbons (Fsp3) is 0.800. The quantitative estimate of drug-likeness (QED) is 0.0543. The molecule has 0 fully saturated rings. The zero-order chi connectivity index (χ0) is 29.5. The second kappa shape index (κ2) is 30.5. The van der Waals surface area contributed by atoms with Crippen molar-refractivity contribution in [2.75, 3.05) is 6.61 Å². The molecule has 1 amide bonds. The average molecular weight is 564 g/mol. The van der Waals surface area contributed by atoms with E-state index < -0.39 is 18.2 Å². The van der Waals surface area contributed by atoms with Gasteiger partial charge in [-0.1, -0.05) is 127 Å². The number of rotatable bonds is 29. The fourth-order valence-corrected chi connectivity index (χ4v) is 4.76. The van der Waals surface area contributed by atoms with Crippen LogP contribution >= 0.6 is 0 Å². The van der Waals surface area contributed by atoms with E-state index in [0.29, 0.717) is 6.42 Å². The van der Waals surface area contributed by atoms with Crippen molar-refractivity contribution in [1.82, 2.24) is 5.32 Å². The monoisotopic (exact) mass is 563 g/mol. The summed E-state index contributed by atoms with van der Waals surface area (Å²) < 4.78 is 0. The number of hydrogen-bond donors (Lipinski definition) is 4. The number of unbranched alkanes of at least 4 members (excludes halogenated alkanes) is 16. The molecule has 0 aromatic rings. The minimum absolute atomic E-state index is 0.00593. The van der Waals surface area contributed by atoms with Crippen molar-refractivity contribution in [3.8, 4) is 0 Å². The van der Waals surface area contributed by atoms with Crippen LogP contribution in [0.3, 0.4) is 0 Å². The molecule has 0 saturated carbocycles. The minimum Gasteiger partial charge on any atom is -0.394 e. The molecule has 5 nitrogen and oxygen atoms in total. The first kappa shape index (κ1) is 38.6. The van der Waals surface area contributed by atoms with Gasteiger partial charge in [-0.3, -0.25) is 4.79 Å². The van der Waals surface area contributed by atoms with E-state index in [1.54, 1.807) is 6.08 Å². The summed E-state index contributed by atoms with van der Waals surface area (Å²) >= 11 is 0. The number of aliphatic hydroxyl groups is 3. The second-order valence-electron chi connectivity index (χ2n) is 11.4. The molecule has 0 aliphatic heterocycles. The first-order chi connectivity index (χ1) is 19.5. The van der Waals surface area contributed by atoms with Crippen molar-refractivity contribution in [3.05, 3.63) is 36.5 Å². The summed E-state index contributed by atoms with van der Waals surface area (Å²) in [6.45, 7) is 4.13. The Bertz CT molecular complexity index is 631. The van der Waals surface area contributed by atoms with E-state index in [4.69, 9.17) is 0 Å². The molecule has 5 heteroatoms. The highest BCUT2D eigenvalue weighted by Gasteiger charge is 2.19. The standard InChI is InChI=1S/C35H65NO4/c1-3-5-7-9-11-13-15-16-17-18-19-21-23-25-27-29-34(39)33(31-37)36-35(40)30-32(38)28-26-24-22-20-14-12-10-8-6-4-2/h12,14,19,21,27,29,32-34,37-39H,3-11,13,15-18,20,22-26,28,30-31H2,1-2H3,(H,36,40)/b14-12-,21-19+,29-27+. The first-order valence-electron chi connectivity index (χ1n) is 16.8. The number of hydrogen-bond acceptors (Lipinski definition) is 4. The molecule has 234 valence electrons. The molecule has 0 bridgehead atoms. The molecular weight excluding hydrogens is 498 g/mol. The molecule has 0 radical (unpaired) electrons. The van der Waals surface area contributed by atoms with Crippen LogP contribution in [0.5, 0.6) is 0 Å². The molecule has 40 heavy (non-hydrogen) atoms. The van der Waals surface area contributed by atoms with Gasteiger partial charge in [0.05, 0.1) is 31.3 Å². The summed E-state index contributed by atoms with van der Waals surface area (Å²) in [7, 11) is 0. The lowest BCUT2D eigenvalue weighted by molar-refractivity contribution is -0.124. The van der Waals surface area contributed by atoms with E-state index in [1.165, 1.54) is 77.0 Å². The Hall–Kier alpha value is -1.43. The SMILES string of the molecule is CCCCC/C=C\CCCCCC(O)CC(=O)NC(CO)C(O)/C=C/CC/C=C/CCCCCCCCCCC. The van der Waals surface area contributed by atoms with Gasteiger partial charge in [-0.15, -0.1) is 0 Å². The van der Waals surface area contributed by atoms with Crippen LogP contribution in [0.25, 0.3) is 0 Å². The summed E-state index contributed by atoms with van der Waals surface area (Å²) in [4.78, 5) is 12.3. The molecule has 0 spiro atoms. The number of allylic oxidation sites excluding steroid dienone is 5. The molecule has 0 saturated heterocycles. The Kier molecular flexibility index (Phi) is 29.4. The molecule has 3 unspecified atom stereocenters. The van der Waals surface area contributed by atoms with Gasteiger partial charge in [0, 0.05) is 0 Å². The first-order valence-corrected chi connectivity index (χ1v) is 16.8. The fourth-order valence-electron chi connectivity index (χ4n) is 4.76. The highest BCUT2D eigenvalue weighted by atomic mass is 16.3. The van der Waals surface area contributed by atoms with Gasteiger partial charge in [0.25, 0.3) is 0 Å². The van der Waals surface area contributed by atoms with E-state index in [0.717, 1.165) is 51.4 Å². The third kappa shape index (κ3) is 26.8. The lowest BCUT2D eigenvalue weighted by Gasteiger charge is -2.20. The summed E-state index contributed by atoms with van der Waals surface area (Å²) in [5.74, 6) is -0.339. The van der Waals surface area contributed by atoms with E-state index in [1.807, 2.05) is 6.08 Å². The number of carbonyl (C=O) groups is 1. The van der Waals surface area contributed by atoms with Crippen LogP contribution in [0.2, 0.25) is 0 Å². The molecule has 0 aliphatic carbocycles. The van der Waals surface area contributed by atoms with E-state index in [-0.39, 0.29) is 18.9 Å². The van der Waals surface area contributed by atoms with Crippen LogP contribution < -0.4 is 5.32 Å². The molecule has 0 aromatic heterocycles. The van der Waals surface area contributed by atoms with Gasteiger partial charge < -0.3 is 20.6 Å². The van der Waals surface area contributed by atoms with Crippen LogP contribution in [0.1, 0.15) is 155 Å². The average Bonchev–Trinajstić information content (AvgIpc) is 2.94. The minimum atomic E-state index is -0.952. The van der Waals surface area contributed by atoms with Crippen LogP contribution in [-0.4, -0.2) is 46.1 Å². The van der Waals surface area contributed by atoms with Gasteiger partial charge in [0.15, 0.2) is 0 Å². The van der Waals surface area contributed by atoms with E-state index in [9.17, 15) is 20.1 Å². The number of carbonyl (C=O) groups excluding carboxylic acids is 1. The zero-order valence-electron chi connectivity index (χ0n) is 26.2. The Morgan fingerprint density at radius 2 is 1.07 bits per heavy atom. The van der Waals surface area contributed by atoms with Crippen molar-refractivity contribution in [2.24, 2.45) is 0 Å². The molecule has 0 aromatic carbocycles. The highest BCUT2D eigenvalue weighted by molar-refractivity contribution is 5.76. The summed E-state index contributed by atoms with van der Waals surface area (Å²) in [6.07, 6.45) is 35.5. The predicted octanol–water partition coefficient (Wildman–Crippen LogP) is 8.48. The van der Waals surface area contributed by atoms with Crippen molar-refractivity contribution in [3.63, 3.8) is 0 Å². The summed E-state index contributed by atoms with van der Waals surface area (Å²) in [5.41, 5.74) is 0. The molecule has 4 N–H and O–H groups in total. The van der Waals surface area contributed by atoms with Gasteiger partial charge >= 0.3 is 0 Å². The van der Waals surface area contributed by atoms with Gasteiger partial charge in [-0.25, -0.2) is 0 Å². The summed E-state index contributed by atoms with van der Waals surface area (Å²) in [5, 5.41) is 32.8. The van der Waals surface area contributed by atoms with Crippen molar-refractivity contribution < 1.29 is 20.1 Å². The Balaban J connectivity index is 3.86. The zero-order valence-corrected chi connectivity index (χ0v) is 26.2. The van der Waals surface area contributed by atoms with E-state index >= 15 is 0 Å². The Morgan fingerprint density at radius 1 is 0.625 bits per heavy atom. The number of aliphatic hydroxyl groups excluding tert-OH is 3. The van der Waals surface area contributed by atoms with Crippen LogP contribution in [0.4, 0.5) is 0 Å². The number of amides is 1. The lowest BCUT2D eigenvalue weighted by atomic mass is 10.1. The number of nitrogens with one attached hydrogen (secondary N) is 1. The van der Waals surface area contributed by atoms with Crippen molar-refractivity contribution >= 4 is 5.91 Å². The molecule has 0 aliphatic rings. The predicted molar refractivity (Wildman–Crippen MR) is 171 cm³/mol. The maximum Gasteiger partial charge on any atom is 0.222 e. The van der Waals surface area contributed by atoms with Gasteiger partial charge in [0.2, 0.25) is 5.91 Å². The van der Waals surface area contributed by atoms with Crippen molar-refractivity contribution in [2.45, 2.75) is 173 Å². The topological polar surface area (TPSA) is 89.8 Å². The van der Waals surface area contributed by atoms with Crippen LogP contribution in [0.15, 0.2) is 36.5 Å². The third-order valence-electron chi connectivity index (χ3n) is 7.40. The molecule has 0 heterocycles. The Morgan fingerprint density at radius 3 is 1.65 bits per heavy atom. The largest absolute Gasteiger partial charge is 0.394 e. The summed E-state index contributed by atoms with van der Waals surface area (Å²) in [6, 6.07) is -0.762. The van der Waals surface area contributed by atoms with Gasteiger partial charge in [-0.05, 0) is 57.8 Å². The molecule has 3 atom stereocenters.